The summed E-state index contributed by atoms with van der Waals surface area (Å²) in [6, 6.07) is 21.0. The number of nitrogens with one attached hydrogen (secondary N) is 1. The third-order valence-corrected chi connectivity index (χ3v) is 6.21. The highest BCUT2D eigenvalue weighted by molar-refractivity contribution is 7.99. The van der Waals surface area contributed by atoms with Crippen molar-refractivity contribution in [3.8, 4) is 0 Å². The molecule has 2 amide bonds. The minimum atomic E-state index is -0.795. The minimum Gasteiger partial charge on any atom is -0.357 e. The van der Waals surface area contributed by atoms with Crippen LogP contribution in [0.2, 0.25) is 0 Å². The summed E-state index contributed by atoms with van der Waals surface area (Å²) < 4.78 is 27.5. The molecule has 3 aromatic carbocycles. The first kappa shape index (κ1) is 24.5. The Bertz CT molecular complexity index is 1060. The van der Waals surface area contributed by atoms with E-state index in [-0.39, 0.29) is 29.9 Å². The quantitative estimate of drug-likeness (QED) is 0.474. The van der Waals surface area contributed by atoms with E-state index in [1.165, 1.54) is 41.9 Å². The van der Waals surface area contributed by atoms with Crippen molar-refractivity contribution in [1.82, 2.24) is 10.2 Å². The summed E-state index contributed by atoms with van der Waals surface area (Å²) in [7, 11) is 1.52. The van der Waals surface area contributed by atoms with E-state index in [4.69, 9.17) is 0 Å². The lowest BCUT2D eigenvalue weighted by Crippen LogP contribution is -2.50. The highest BCUT2D eigenvalue weighted by Gasteiger charge is 2.30. The fourth-order valence-corrected chi connectivity index (χ4v) is 4.32. The van der Waals surface area contributed by atoms with Gasteiger partial charge in [-0.1, -0.05) is 60.7 Å². The molecular formula is C26H26F2N2O2S. The molecule has 33 heavy (non-hydrogen) atoms. The fourth-order valence-electron chi connectivity index (χ4n) is 3.45. The minimum absolute atomic E-state index is 0.0203. The molecule has 0 aliphatic carbocycles. The van der Waals surface area contributed by atoms with Gasteiger partial charge in [0.05, 0.1) is 5.75 Å². The van der Waals surface area contributed by atoms with E-state index in [9.17, 15) is 18.4 Å². The maximum Gasteiger partial charge on any atom is 0.242 e. The predicted molar refractivity (Wildman–Crippen MR) is 128 cm³/mol. The Hall–Kier alpha value is -3.19. The molecule has 0 heterocycles. The Morgan fingerprint density at radius 3 is 2.24 bits per heavy atom. The normalized spacial score (nSPS) is 11.6. The maximum atomic E-state index is 14.4. The Labute approximate surface area is 197 Å². The van der Waals surface area contributed by atoms with Gasteiger partial charge >= 0.3 is 0 Å². The number of hydrogen-bond acceptors (Lipinski definition) is 3. The van der Waals surface area contributed by atoms with Crippen molar-refractivity contribution >= 4 is 23.6 Å². The van der Waals surface area contributed by atoms with Crippen molar-refractivity contribution in [2.45, 2.75) is 24.8 Å². The summed E-state index contributed by atoms with van der Waals surface area (Å²) in [6.45, 7) is -0.0203. The third-order valence-electron chi connectivity index (χ3n) is 5.22. The first-order valence-corrected chi connectivity index (χ1v) is 11.7. The molecule has 0 fully saturated rings. The Morgan fingerprint density at radius 2 is 1.58 bits per heavy atom. The second-order valence-electron chi connectivity index (χ2n) is 7.55. The van der Waals surface area contributed by atoms with Crippen LogP contribution in [0.5, 0.6) is 0 Å². The number of rotatable bonds is 10. The molecule has 4 nitrogen and oxygen atoms in total. The number of benzene rings is 3. The van der Waals surface area contributed by atoms with Crippen molar-refractivity contribution in [2.75, 3.05) is 12.8 Å². The van der Waals surface area contributed by atoms with Crippen LogP contribution in [0.3, 0.4) is 0 Å². The molecule has 0 bridgehead atoms. The summed E-state index contributed by atoms with van der Waals surface area (Å²) in [5.74, 6) is -0.700. The van der Waals surface area contributed by atoms with Gasteiger partial charge in [0.15, 0.2) is 0 Å². The van der Waals surface area contributed by atoms with Gasteiger partial charge in [-0.15, -0.1) is 11.8 Å². The van der Waals surface area contributed by atoms with Gasteiger partial charge in [-0.25, -0.2) is 8.78 Å². The van der Waals surface area contributed by atoms with Gasteiger partial charge in [0.1, 0.15) is 17.7 Å². The summed E-state index contributed by atoms with van der Waals surface area (Å²) in [4.78, 5) is 27.6. The summed E-state index contributed by atoms with van der Waals surface area (Å²) >= 11 is 1.37. The Kier molecular flexibility index (Phi) is 9.01. The fraction of sp³-hybridized carbons (Fsp3) is 0.231. The first-order valence-electron chi connectivity index (χ1n) is 10.6. The topological polar surface area (TPSA) is 49.4 Å². The van der Waals surface area contributed by atoms with Gasteiger partial charge in [0.25, 0.3) is 0 Å². The molecule has 0 aliphatic rings. The average Bonchev–Trinajstić information content (AvgIpc) is 2.83. The van der Waals surface area contributed by atoms with Crippen LogP contribution < -0.4 is 5.32 Å². The second kappa shape index (κ2) is 12.2. The van der Waals surface area contributed by atoms with Crippen LogP contribution in [-0.2, 0) is 28.3 Å². The third kappa shape index (κ3) is 7.15. The number of thioether (sulfide) groups is 1. The molecular weight excluding hydrogens is 442 g/mol. The SMILES string of the molecule is CNC(=O)[C@H](Cc1ccccc1)N(Cc1ccccc1F)C(=O)CSCc1ccc(F)cc1. The molecule has 1 N–H and O–H groups in total. The van der Waals surface area contributed by atoms with Crippen molar-refractivity contribution in [3.63, 3.8) is 0 Å². The van der Waals surface area contributed by atoms with Crippen molar-refractivity contribution in [1.29, 1.82) is 0 Å². The van der Waals surface area contributed by atoms with Gasteiger partial charge < -0.3 is 10.2 Å². The van der Waals surface area contributed by atoms with Crippen LogP contribution >= 0.6 is 11.8 Å². The van der Waals surface area contributed by atoms with Gasteiger partial charge in [0, 0.05) is 31.3 Å². The number of likely N-dealkylation sites (N-methyl/N-ethyl adjacent to an activating group) is 1. The number of hydrogen-bond donors (Lipinski definition) is 1. The number of amides is 2. The highest BCUT2D eigenvalue weighted by atomic mass is 32.2. The first-order chi connectivity index (χ1) is 16.0. The maximum absolute atomic E-state index is 14.4. The molecule has 172 valence electrons. The second-order valence-corrected chi connectivity index (χ2v) is 8.54. The van der Waals surface area contributed by atoms with Crippen LogP contribution in [0.25, 0.3) is 0 Å². The molecule has 3 rings (SSSR count). The van der Waals surface area contributed by atoms with Crippen LogP contribution in [0.15, 0.2) is 78.9 Å². The average molecular weight is 469 g/mol. The number of nitrogens with zero attached hydrogens (tertiary/aromatic N) is 1. The zero-order chi connectivity index (χ0) is 23.6. The molecule has 1 atom stereocenters. The van der Waals surface area contributed by atoms with Gasteiger partial charge in [-0.05, 0) is 29.3 Å². The lowest BCUT2D eigenvalue weighted by Gasteiger charge is -2.31. The van der Waals surface area contributed by atoms with Crippen LogP contribution in [0.4, 0.5) is 8.78 Å². The van der Waals surface area contributed by atoms with Crippen LogP contribution in [0, 0.1) is 11.6 Å². The standard InChI is InChI=1S/C26H26F2N2O2S/c1-29-26(32)24(15-19-7-3-2-4-8-19)30(16-21-9-5-6-10-23(21)28)25(31)18-33-17-20-11-13-22(27)14-12-20/h2-14,24H,15-18H2,1H3,(H,29,32)/t24-/m0/s1. The van der Waals surface area contributed by atoms with E-state index < -0.39 is 11.9 Å². The molecule has 0 unspecified atom stereocenters. The summed E-state index contributed by atoms with van der Waals surface area (Å²) in [5.41, 5.74) is 2.13. The van der Waals surface area contributed by atoms with Gasteiger partial charge in [0.2, 0.25) is 11.8 Å². The van der Waals surface area contributed by atoms with E-state index in [0.29, 0.717) is 17.7 Å². The van der Waals surface area contributed by atoms with E-state index in [0.717, 1.165) is 11.1 Å². The van der Waals surface area contributed by atoms with Gasteiger partial charge in [-0.3, -0.25) is 9.59 Å². The number of carbonyl (C=O) groups is 2. The molecule has 7 heteroatoms. The molecule has 0 radical (unpaired) electrons. The molecule has 0 aromatic heterocycles. The summed E-state index contributed by atoms with van der Waals surface area (Å²) in [5, 5.41) is 2.64. The highest BCUT2D eigenvalue weighted by Crippen LogP contribution is 2.19. The molecule has 0 saturated heterocycles. The lowest BCUT2D eigenvalue weighted by molar-refractivity contribution is -0.139. The molecule has 0 spiro atoms. The Balaban J connectivity index is 1.81. The van der Waals surface area contributed by atoms with E-state index in [1.54, 1.807) is 30.3 Å². The van der Waals surface area contributed by atoms with Gasteiger partial charge in [-0.2, -0.15) is 0 Å². The van der Waals surface area contributed by atoms with Crippen molar-refractivity contribution in [3.05, 3.63) is 107 Å². The Morgan fingerprint density at radius 1 is 0.909 bits per heavy atom. The predicted octanol–water partition coefficient (Wildman–Crippen LogP) is 4.58. The van der Waals surface area contributed by atoms with E-state index >= 15 is 0 Å². The smallest absolute Gasteiger partial charge is 0.242 e. The molecule has 0 saturated carbocycles. The number of halogens is 2. The van der Waals surface area contributed by atoms with Crippen LogP contribution in [0.1, 0.15) is 16.7 Å². The van der Waals surface area contributed by atoms with Crippen molar-refractivity contribution in [2.24, 2.45) is 0 Å². The largest absolute Gasteiger partial charge is 0.357 e. The zero-order valence-corrected chi connectivity index (χ0v) is 19.2. The summed E-state index contributed by atoms with van der Waals surface area (Å²) in [6.07, 6.45) is 0.309. The number of carbonyl (C=O) groups excluding carboxylic acids is 2. The van der Waals surface area contributed by atoms with E-state index in [2.05, 4.69) is 5.32 Å². The zero-order valence-electron chi connectivity index (χ0n) is 18.3. The molecule has 3 aromatic rings. The molecule has 0 aliphatic heterocycles. The van der Waals surface area contributed by atoms with E-state index in [1.807, 2.05) is 30.3 Å². The lowest BCUT2D eigenvalue weighted by atomic mass is 10.0. The monoisotopic (exact) mass is 468 g/mol. The van der Waals surface area contributed by atoms with Crippen molar-refractivity contribution < 1.29 is 18.4 Å². The van der Waals surface area contributed by atoms with Crippen LogP contribution in [-0.4, -0.2) is 35.6 Å².